The molecular formula is C15H12ClN3OS. The maximum atomic E-state index is 5.90. The molecule has 3 rings (SSSR count). The summed E-state index contributed by atoms with van der Waals surface area (Å²) in [5.74, 6) is 1.63. The Kier molecular flexibility index (Phi) is 4.13. The zero-order valence-corrected chi connectivity index (χ0v) is 12.6. The number of nitrogens with two attached hydrogens (primary N) is 1. The van der Waals surface area contributed by atoms with Crippen LogP contribution in [0.2, 0.25) is 5.02 Å². The van der Waals surface area contributed by atoms with Crippen LogP contribution >= 0.6 is 23.4 Å². The summed E-state index contributed by atoms with van der Waals surface area (Å²) in [6.45, 7) is 0. The Bertz CT molecular complexity index is 743. The van der Waals surface area contributed by atoms with Crippen molar-refractivity contribution in [3.8, 4) is 11.5 Å². The fourth-order valence-corrected chi connectivity index (χ4v) is 2.70. The number of aromatic nitrogens is 2. The number of hydrogen-bond donors (Lipinski definition) is 1. The van der Waals surface area contributed by atoms with E-state index in [9.17, 15) is 0 Å². The molecule has 2 N–H and O–H groups in total. The van der Waals surface area contributed by atoms with E-state index in [-0.39, 0.29) is 0 Å². The number of nitrogen functional groups attached to an aromatic ring is 1. The van der Waals surface area contributed by atoms with E-state index in [1.807, 2.05) is 36.4 Å². The third kappa shape index (κ3) is 3.37. The smallest absolute Gasteiger partial charge is 0.247 e. The van der Waals surface area contributed by atoms with Crippen LogP contribution in [0.3, 0.4) is 0 Å². The summed E-state index contributed by atoms with van der Waals surface area (Å²) in [6, 6.07) is 15.0. The van der Waals surface area contributed by atoms with Gasteiger partial charge in [0.2, 0.25) is 11.8 Å². The predicted molar refractivity (Wildman–Crippen MR) is 85.2 cm³/mol. The van der Waals surface area contributed by atoms with Crippen LogP contribution in [0.15, 0.2) is 57.8 Å². The first kappa shape index (κ1) is 14.0. The van der Waals surface area contributed by atoms with Crippen LogP contribution in [0.5, 0.6) is 0 Å². The minimum atomic E-state index is 0.489. The van der Waals surface area contributed by atoms with Gasteiger partial charge in [-0.15, -0.1) is 22.0 Å². The van der Waals surface area contributed by atoms with Gasteiger partial charge in [0.15, 0.2) is 0 Å². The van der Waals surface area contributed by atoms with Crippen LogP contribution < -0.4 is 5.73 Å². The van der Waals surface area contributed by atoms with Crippen molar-refractivity contribution in [3.05, 3.63) is 59.4 Å². The van der Waals surface area contributed by atoms with Crippen molar-refractivity contribution < 1.29 is 4.42 Å². The average Bonchev–Trinajstić information content (AvgIpc) is 2.96. The quantitative estimate of drug-likeness (QED) is 0.575. The Morgan fingerprint density at radius 1 is 1.05 bits per heavy atom. The van der Waals surface area contributed by atoms with Gasteiger partial charge in [0.25, 0.3) is 0 Å². The van der Waals surface area contributed by atoms with Crippen molar-refractivity contribution >= 4 is 29.1 Å². The molecule has 0 amide bonds. The van der Waals surface area contributed by atoms with Gasteiger partial charge in [-0.25, -0.2) is 0 Å². The van der Waals surface area contributed by atoms with Crippen LogP contribution in [-0.4, -0.2) is 10.2 Å². The molecule has 0 spiro atoms. The van der Waals surface area contributed by atoms with Crippen molar-refractivity contribution in [2.75, 3.05) is 5.73 Å². The van der Waals surface area contributed by atoms with E-state index in [4.69, 9.17) is 21.8 Å². The average molecular weight is 318 g/mol. The zero-order chi connectivity index (χ0) is 14.7. The highest BCUT2D eigenvalue weighted by molar-refractivity contribution is 7.98. The molecule has 1 aromatic heterocycles. The summed E-state index contributed by atoms with van der Waals surface area (Å²) in [5, 5.41) is 8.77. The summed E-state index contributed by atoms with van der Waals surface area (Å²) in [7, 11) is 0. The lowest BCUT2D eigenvalue weighted by Gasteiger charge is -2.02. The minimum Gasteiger partial charge on any atom is -0.420 e. The molecule has 0 aliphatic carbocycles. The Morgan fingerprint density at radius 3 is 2.57 bits per heavy atom. The molecule has 106 valence electrons. The molecule has 0 aliphatic heterocycles. The van der Waals surface area contributed by atoms with E-state index in [1.54, 1.807) is 23.9 Å². The molecule has 21 heavy (non-hydrogen) atoms. The summed E-state index contributed by atoms with van der Waals surface area (Å²) in [6.07, 6.45) is 0. The maximum Gasteiger partial charge on any atom is 0.247 e. The highest BCUT2D eigenvalue weighted by Crippen LogP contribution is 2.28. The van der Waals surface area contributed by atoms with Crippen LogP contribution in [0, 0.1) is 0 Å². The summed E-state index contributed by atoms with van der Waals surface area (Å²) in [5.41, 5.74) is 7.49. The number of para-hydroxylation sites is 1. The van der Waals surface area contributed by atoms with E-state index in [2.05, 4.69) is 10.2 Å². The normalized spacial score (nSPS) is 10.7. The fourth-order valence-electron chi connectivity index (χ4n) is 1.77. The van der Waals surface area contributed by atoms with Crippen LogP contribution in [-0.2, 0) is 5.75 Å². The number of rotatable bonds is 4. The van der Waals surface area contributed by atoms with Gasteiger partial charge in [-0.2, -0.15) is 0 Å². The van der Waals surface area contributed by atoms with Gasteiger partial charge in [0, 0.05) is 21.2 Å². The second kappa shape index (κ2) is 6.20. The molecule has 0 radical (unpaired) electrons. The highest BCUT2D eigenvalue weighted by atomic mass is 35.5. The first-order chi connectivity index (χ1) is 10.2. The van der Waals surface area contributed by atoms with Gasteiger partial charge in [-0.3, -0.25) is 0 Å². The lowest BCUT2D eigenvalue weighted by atomic mass is 10.2. The Balaban J connectivity index is 1.71. The molecule has 0 atom stereocenters. The van der Waals surface area contributed by atoms with Gasteiger partial charge < -0.3 is 10.2 Å². The Hall–Kier alpha value is -1.98. The van der Waals surface area contributed by atoms with Crippen molar-refractivity contribution in [3.63, 3.8) is 0 Å². The van der Waals surface area contributed by atoms with E-state index in [0.29, 0.717) is 22.6 Å². The number of anilines is 1. The SMILES string of the molecule is Nc1ccccc1SCc1nnc(-c2ccc(Cl)cc2)o1. The molecule has 0 aliphatic rings. The second-order valence-corrected chi connectivity index (χ2v) is 5.79. The third-order valence-electron chi connectivity index (χ3n) is 2.83. The zero-order valence-electron chi connectivity index (χ0n) is 11.0. The summed E-state index contributed by atoms with van der Waals surface area (Å²) in [4.78, 5) is 1.00. The lowest BCUT2D eigenvalue weighted by molar-refractivity contribution is 0.528. The number of thioether (sulfide) groups is 1. The molecule has 4 nitrogen and oxygen atoms in total. The van der Waals surface area contributed by atoms with Crippen molar-refractivity contribution in [1.82, 2.24) is 10.2 Å². The first-order valence-corrected chi connectivity index (χ1v) is 7.64. The summed E-state index contributed by atoms with van der Waals surface area (Å²) >= 11 is 7.42. The van der Waals surface area contributed by atoms with Crippen molar-refractivity contribution in [2.45, 2.75) is 10.6 Å². The highest BCUT2D eigenvalue weighted by Gasteiger charge is 2.09. The molecular weight excluding hydrogens is 306 g/mol. The number of halogens is 1. The second-order valence-electron chi connectivity index (χ2n) is 4.33. The Morgan fingerprint density at radius 2 is 1.81 bits per heavy atom. The van der Waals surface area contributed by atoms with Crippen LogP contribution in [0.1, 0.15) is 5.89 Å². The Labute approximate surface area is 131 Å². The maximum absolute atomic E-state index is 5.90. The lowest BCUT2D eigenvalue weighted by Crippen LogP contribution is -1.88. The predicted octanol–water partition coefficient (Wildman–Crippen LogP) is 4.26. The van der Waals surface area contributed by atoms with Gasteiger partial charge in [-0.1, -0.05) is 23.7 Å². The standard InChI is InChI=1S/C15H12ClN3OS/c16-11-7-5-10(6-8-11)15-19-18-14(20-15)9-21-13-4-2-1-3-12(13)17/h1-8H,9,17H2. The van der Waals surface area contributed by atoms with Gasteiger partial charge >= 0.3 is 0 Å². The molecule has 6 heteroatoms. The molecule has 0 saturated carbocycles. The molecule has 0 bridgehead atoms. The first-order valence-electron chi connectivity index (χ1n) is 6.28. The van der Waals surface area contributed by atoms with Crippen molar-refractivity contribution in [2.24, 2.45) is 0 Å². The topological polar surface area (TPSA) is 64.9 Å². The van der Waals surface area contributed by atoms with E-state index in [1.165, 1.54) is 0 Å². The molecule has 2 aromatic carbocycles. The van der Waals surface area contributed by atoms with E-state index < -0.39 is 0 Å². The number of hydrogen-bond acceptors (Lipinski definition) is 5. The van der Waals surface area contributed by atoms with E-state index in [0.717, 1.165) is 16.1 Å². The molecule has 3 aromatic rings. The fraction of sp³-hybridized carbons (Fsp3) is 0.0667. The van der Waals surface area contributed by atoms with Crippen molar-refractivity contribution in [1.29, 1.82) is 0 Å². The minimum absolute atomic E-state index is 0.489. The number of benzene rings is 2. The van der Waals surface area contributed by atoms with E-state index >= 15 is 0 Å². The molecule has 1 heterocycles. The van der Waals surface area contributed by atoms with Gasteiger partial charge in [-0.05, 0) is 36.4 Å². The third-order valence-corrected chi connectivity index (χ3v) is 4.15. The van der Waals surface area contributed by atoms with Gasteiger partial charge in [0.1, 0.15) is 0 Å². The van der Waals surface area contributed by atoms with Crippen LogP contribution in [0.4, 0.5) is 5.69 Å². The number of nitrogens with zero attached hydrogens (tertiary/aromatic N) is 2. The van der Waals surface area contributed by atoms with Crippen LogP contribution in [0.25, 0.3) is 11.5 Å². The largest absolute Gasteiger partial charge is 0.420 e. The van der Waals surface area contributed by atoms with Gasteiger partial charge in [0.05, 0.1) is 5.75 Å². The molecule has 0 fully saturated rings. The molecule has 0 saturated heterocycles. The summed E-state index contributed by atoms with van der Waals surface area (Å²) < 4.78 is 5.64. The monoisotopic (exact) mass is 317 g/mol. The molecule has 0 unspecified atom stereocenters.